The molecule has 154 valence electrons. The summed E-state index contributed by atoms with van der Waals surface area (Å²) in [5.74, 6) is 5.34. The standard InChI is InChI=1S/C25H38O2Si/c1-16(2)24(3,4)28-27-23-12-11-22-21-9-7-17-15-18(26-6)8-10-19(17)20(21)13-14-25(22,23)5/h8,10,12,15-16,20-22H,7,9,11,13-14,28H2,1-6H3/t20-,21-,22+,25+/m1/s1. The van der Waals surface area contributed by atoms with Crippen molar-refractivity contribution >= 4 is 9.76 Å². The third-order valence-corrected chi connectivity index (χ3v) is 10.6. The lowest BCUT2D eigenvalue weighted by Crippen LogP contribution is -2.42. The van der Waals surface area contributed by atoms with Gasteiger partial charge >= 0.3 is 0 Å². The molecule has 0 bridgehead atoms. The fourth-order valence-corrected chi connectivity index (χ4v) is 7.18. The van der Waals surface area contributed by atoms with Gasteiger partial charge < -0.3 is 9.16 Å². The van der Waals surface area contributed by atoms with Gasteiger partial charge in [0.15, 0.2) is 0 Å². The number of fused-ring (bicyclic) bond motifs is 5. The van der Waals surface area contributed by atoms with E-state index in [0.29, 0.717) is 11.0 Å². The van der Waals surface area contributed by atoms with Crippen LogP contribution in [0.15, 0.2) is 30.0 Å². The van der Waals surface area contributed by atoms with Crippen molar-refractivity contribution in [2.75, 3.05) is 7.11 Å². The number of benzene rings is 1. The Hall–Kier alpha value is -1.22. The van der Waals surface area contributed by atoms with Crippen molar-refractivity contribution in [3.63, 3.8) is 0 Å². The molecular formula is C25H38O2Si. The average molecular weight is 399 g/mol. The van der Waals surface area contributed by atoms with Crippen LogP contribution in [0.5, 0.6) is 5.75 Å². The van der Waals surface area contributed by atoms with E-state index in [9.17, 15) is 0 Å². The predicted octanol–water partition coefficient (Wildman–Crippen LogP) is 6.00. The third-order valence-electron chi connectivity index (χ3n) is 8.61. The molecule has 0 aliphatic heterocycles. The SMILES string of the molecule is COc1ccc2c(c1)CC[C@@H]1[C@@H]2CC[C@]2(C)C(O[SiH2]C(C)(C)C(C)C)=CC[C@@H]12. The van der Waals surface area contributed by atoms with E-state index in [1.54, 1.807) is 12.7 Å². The maximum atomic E-state index is 6.66. The van der Waals surface area contributed by atoms with E-state index in [2.05, 4.69) is 58.9 Å². The average Bonchev–Trinajstić information content (AvgIpc) is 3.02. The lowest BCUT2D eigenvalue weighted by atomic mass is 9.55. The smallest absolute Gasteiger partial charge is 0.224 e. The minimum absolute atomic E-state index is 0.269. The first kappa shape index (κ1) is 20.1. The van der Waals surface area contributed by atoms with Crippen LogP contribution in [0.3, 0.4) is 0 Å². The van der Waals surface area contributed by atoms with E-state index in [1.165, 1.54) is 43.4 Å². The molecule has 0 saturated heterocycles. The fourth-order valence-electron chi connectivity index (χ4n) is 5.87. The van der Waals surface area contributed by atoms with Crippen molar-refractivity contribution in [3.8, 4) is 5.75 Å². The first-order valence-corrected chi connectivity index (χ1v) is 12.5. The molecule has 0 unspecified atom stereocenters. The molecular weight excluding hydrogens is 360 g/mol. The van der Waals surface area contributed by atoms with Crippen molar-refractivity contribution in [2.24, 2.45) is 23.2 Å². The molecule has 0 radical (unpaired) electrons. The maximum Gasteiger partial charge on any atom is 0.224 e. The van der Waals surface area contributed by atoms with Crippen molar-refractivity contribution in [1.29, 1.82) is 0 Å². The monoisotopic (exact) mass is 398 g/mol. The number of rotatable bonds is 5. The zero-order valence-electron chi connectivity index (χ0n) is 18.7. The Labute approximate surface area is 174 Å². The number of allylic oxidation sites excluding steroid dienone is 2. The number of hydrogen-bond acceptors (Lipinski definition) is 2. The zero-order valence-corrected chi connectivity index (χ0v) is 20.1. The van der Waals surface area contributed by atoms with Gasteiger partial charge in [0.1, 0.15) is 5.75 Å². The highest BCUT2D eigenvalue weighted by molar-refractivity contribution is 6.32. The molecule has 28 heavy (non-hydrogen) atoms. The molecule has 3 aliphatic rings. The lowest BCUT2D eigenvalue weighted by Gasteiger charge is -2.50. The van der Waals surface area contributed by atoms with Crippen LogP contribution in [0.1, 0.15) is 77.3 Å². The van der Waals surface area contributed by atoms with Crippen LogP contribution in [-0.2, 0) is 10.8 Å². The highest BCUT2D eigenvalue weighted by atomic mass is 28.2. The summed E-state index contributed by atoms with van der Waals surface area (Å²) < 4.78 is 12.1. The van der Waals surface area contributed by atoms with E-state index in [4.69, 9.17) is 9.16 Å². The van der Waals surface area contributed by atoms with Crippen LogP contribution in [0.4, 0.5) is 0 Å². The zero-order chi connectivity index (χ0) is 20.1. The molecule has 0 N–H and O–H groups in total. The number of hydrogen-bond donors (Lipinski definition) is 0. The van der Waals surface area contributed by atoms with Crippen LogP contribution < -0.4 is 4.74 Å². The largest absolute Gasteiger partial charge is 0.551 e. The van der Waals surface area contributed by atoms with Gasteiger partial charge in [-0.05, 0) is 90.1 Å². The predicted molar refractivity (Wildman–Crippen MR) is 120 cm³/mol. The first-order valence-electron chi connectivity index (χ1n) is 11.3. The van der Waals surface area contributed by atoms with E-state index in [0.717, 1.165) is 23.5 Å². The summed E-state index contributed by atoms with van der Waals surface area (Å²) in [6.07, 6.45) is 8.78. The summed E-state index contributed by atoms with van der Waals surface area (Å²) >= 11 is 0. The van der Waals surface area contributed by atoms with E-state index >= 15 is 0 Å². The summed E-state index contributed by atoms with van der Waals surface area (Å²) in [6.45, 7) is 12.0. The summed E-state index contributed by atoms with van der Waals surface area (Å²) in [7, 11) is 1.19. The Balaban J connectivity index is 1.51. The molecule has 0 amide bonds. The Kier molecular flexibility index (Phi) is 5.18. The maximum absolute atomic E-state index is 6.66. The number of ether oxygens (including phenoxy) is 1. The van der Waals surface area contributed by atoms with Gasteiger partial charge in [-0.1, -0.05) is 40.7 Å². The summed E-state index contributed by atoms with van der Waals surface area (Å²) in [5.41, 5.74) is 3.40. The second kappa shape index (κ2) is 7.23. The van der Waals surface area contributed by atoms with E-state index < -0.39 is 9.76 Å². The van der Waals surface area contributed by atoms with E-state index in [1.807, 2.05) is 0 Å². The molecule has 0 heterocycles. The molecule has 3 aliphatic carbocycles. The fraction of sp³-hybridized carbons (Fsp3) is 0.680. The minimum atomic E-state index is -0.587. The quantitative estimate of drug-likeness (QED) is 0.566. The Morgan fingerprint density at radius 2 is 2.00 bits per heavy atom. The van der Waals surface area contributed by atoms with Gasteiger partial charge in [0.05, 0.1) is 12.9 Å². The topological polar surface area (TPSA) is 18.5 Å². The normalized spacial score (nSPS) is 32.1. The van der Waals surface area contributed by atoms with Crippen molar-refractivity contribution in [1.82, 2.24) is 0 Å². The molecule has 1 fully saturated rings. The van der Waals surface area contributed by atoms with Gasteiger partial charge in [0.25, 0.3) is 0 Å². The van der Waals surface area contributed by atoms with E-state index in [-0.39, 0.29) is 5.41 Å². The molecule has 4 atom stereocenters. The minimum Gasteiger partial charge on any atom is -0.551 e. The number of methoxy groups -OCH3 is 1. The summed E-state index contributed by atoms with van der Waals surface area (Å²) in [4.78, 5) is 0. The van der Waals surface area contributed by atoms with Crippen molar-refractivity contribution in [3.05, 3.63) is 41.2 Å². The lowest BCUT2D eigenvalue weighted by molar-refractivity contribution is 0.0514. The van der Waals surface area contributed by atoms with Crippen LogP contribution in [0.25, 0.3) is 0 Å². The molecule has 3 heteroatoms. The molecule has 0 aromatic heterocycles. The third kappa shape index (κ3) is 3.24. The Bertz CT molecular complexity index is 766. The van der Waals surface area contributed by atoms with Gasteiger partial charge in [0, 0.05) is 5.41 Å². The Morgan fingerprint density at radius 3 is 2.71 bits per heavy atom. The van der Waals surface area contributed by atoms with Crippen LogP contribution in [0, 0.1) is 23.2 Å². The van der Waals surface area contributed by atoms with Crippen LogP contribution in [-0.4, -0.2) is 16.9 Å². The van der Waals surface area contributed by atoms with Gasteiger partial charge in [-0.25, -0.2) is 0 Å². The molecule has 4 rings (SSSR count). The number of aryl methyl sites for hydroxylation is 1. The second-order valence-corrected chi connectivity index (χ2v) is 13.1. The molecule has 2 nitrogen and oxygen atoms in total. The van der Waals surface area contributed by atoms with Crippen LogP contribution >= 0.6 is 0 Å². The highest BCUT2D eigenvalue weighted by Gasteiger charge is 2.52. The summed E-state index contributed by atoms with van der Waals surface area (Å²) in [5, 5.41) is 0.356. The van der Waals surface area contributed by atoms with Crippen LogP contribution in [0.2, 0.25) is 5.04 Å². The van der Waals surface area contributed by atoms with Gasteiger partial charge in [-0.3, -0.25) is 0 Å². The molecule has 1 aromatic carbocycles. The summed E-state index contributed by atoms with van der Waals surface area (Å²) in [6, 6.07) is 6.79. The van der Waals surface area contributed by atoms with Gasteiger partial charge in [0.2, 0.25) is 9.76 Å². The van der Waals surface area contributed by atoms with Crippen molar-refractivity contribution in [2.45, 2.75) is 77.7 Å². The Morgan fingerprint density at radius 1 is 1.21 bits per heavy atom. The molecule has 0 spiro atoms. The van der Waals surface area contributed by atoms with Gasteiger partial charge in [-0.15, -0.1) is 0 Å². The van der Waals surface area contributed by atoms with Gasteiger partial charge in [-0.2, -0.15) is 0 Å². The first-order chi connectivity index (χ1) is 13.3. The molecule has 1 aromatic rings. The van der Waals surface area contributed by atoms with Crippen molar-refractivity contribution < 1.29 is 9.16 Å². The highest BCUT2D eigenvalue weighted by Crippen LogP contribution is 2.61. The second-order valence-electron chi connectivity index (χ2n) is 10.7. The molecule has 1 saturated carbocycles.